The smallest absolute Gasteiger partial charge is 0.164 e. The Bertz CT molecular complexity index is 3680. The molecule has 2 heterocycles. The molecule has 0 fully saturated rings. The highest BCUT2D eigenvalue weighted by molar-refractivity contribution is 6.14. The zero-order valence-electron chi connectivity index (χ0n) is 35.3. The lowest BCUT2D eigenvalue weighted by molar-refractivity contribution is 1.07. The average Bonchev–Trinajstić information content (AvgIpc) is 3.79. The van der Waals surface area contributed by atoms with Crippen molar-refractivity contribution in [1.82, 2.24) is 24.5 Å². The van der Waals surface area contributed by atoms with Crippen LogP contribution >= 0.6 is 0 Å². The molecular formula is C60H39N5. The molecule has 10 aromatic carbocycles. The van der Waals surface area contributed by atoms with E-state index in [1.165, 1.54) is 21.5 Å². The fourth-order valence-corrected chi connectivity index (χ4v) is 9.03. The molecule has 304 valence electrons. The molecule has 0 atom stereocenters. The molecule has 0 saturated carbocycles. The summed E-state index contributed by atoms with van der Waals surface area (Å²) in [6.45, 7) is 0. The number of hydrogen-bond donors (Lipinski definition) is 0. The zero-order valence-corrected chi connectivity index (χ0v) is 35.3. The fraction of sp³-hybridized carbons (Fsp3) is 0. The first-order valence-electron chi connectivity index (χ1n) is 21.9. The molecule has 0 saturated heterocycles. The Balaban J connectivity index is 1.04. The van der Waals surface area contributed by atoms with E-state index in [4.69, 9.17) is 19.9 Å². The van der Waals surface area contributed by atoms with Gasteiger partial charge in [0.1, 0.15) is 5.82 Å². The molecule has 0 radical (unpaired) electrons. The predicted octanol–water partition coefficient (Wildman–Crippen LogP) is 15.2. The number of aromatic nitrogens is 5. The van der Waals surface area contributed by atoms with Gasteiger partial charge in [0, 0.05) is 27.9 Å². The summed E-state index contributed by atoms with van der Waals surface area (Å²) in [5.74, 6) is 2.72. The molecule has 5 heteroatoms. The van der Waals surface area contributed by atoms with Gasteiger partial charge < -0.3 is 0 Å². The number of imidazole rings is 1. The first kappa shape index (κ1) is 37.9. The van der Waals surface area contributed by atoms with Crippen LogP contribution in [0.4, 0.5) is 0 Å². The van der Waals surface area contributed by atoms with Crippen LogP contribution in [0.1, 0.15) is 0 Å². The highest BCUT2D eigenvalue weighted by Gasteiger charge is 2.18. The molecule has 65 heavy (non-hydrogen) atoms. The number of benzene rings is 10. The summed E-state index contributed by atoms with van der Waals surface area (Å²) < 4.78 is 2.24. The monoisotopic (exact) mass is 829 g/mol. The lowest BCUT2D eigenvalue weighted by atomic mass is 9.90. The predicted molar refractivity (Wildman–Crippen MR) is 268 cm³/mol. The Hall–Kier alpha value is -8.80. The molecule has 0 spiro atoms. The van der Waals surface area contributed by atoms with Gasteiger partial charge in [0.15, 0.2) is 17.5 Å². The van der Waals surface area contributed by atoms with Gasteiger partial charge in [-0.05, 0) is 103 Å². The maximum Gasteiger partial charge on any atom is 0.164 e. The average molecular weight is 830 g/mol. The van der Waals surface area contributed by atoms with E-state index in [0.29, 0.717) is 17.5 Å². The van der Waals surface area contributed by atoms with Crippen molar-refractivity contribution in [3.63, 3.8) is 0 Å². The lowest BCUT2D eigenvalue weighted by Crippen LogP contribution is -2.00. The molecule has 5 nitrogen and oxygen atoms in total. The molecule has 2 aromatic heterocycles. The van der Waals surface area contributed by atoms with E-state index in [0.717, 1.165) is 78.2 Å². The molecule has 0 amide bonds. The first-order chi connectivity index (χ1) is 32.2. The van der Waals surface area contributed by atoms with Crippen LogP contribution in [0.5, 0.6) is 0 Å². The van der Waals surface area contributed by atoms with E-state index in [9.17, 15) is 0 Å². The summed E-state index contributed by atoms with van der Waals surface area (Å²) >= 11 is 0. The van der Waals surface area contributed by atoms with Crippen molar-refractivity contribution < 1.29 is 0 Å². The van der Waals surface area contributed by atoms with Gasteiger partial charge in [0.2, 0.25) is 0 Å². The van der Waals surface area contributed by atoms with Gasteiger partial charge in [-0.15, -0.1) is 0 Å². The molecule has 12 rings (SSSR count). The third kappa shape index (κ3) is 7.11. The topological polar surface area (TPSA) is 56.5 Å². The summed E-state index contributed by atoms with van der Waals surface area (Å²) in [4.78, 5) is 20.7. The highest BCUT2D eigenvalue weighted by atomic mass is 15.1. The van der Waals surface area contributed by atoms with Crippen molar-refractivity contribution in [2.24, 2.45) is 0 Å². The summed E-state index contributed by atoms with van der Waals surface area (Å²) in [6, 6.07) is 83.0. The second-order valence-electron chi connectivity index (χ2n) is 16.3. The van der Waals surface area contributed by atoms with Crippen molar-refractivity contribution in [3.8, 4) is 84.6 Å². The van der Waals surface area contributed by atoms with Gasteiger partial charge in [-0.2, -0.15) is 0 Å². The molecule has 0 aliphatic heterocycles. The first-order valence-corrected chi connectivity index (χ1v) is 21.9. The van der Waals surface area contributed by atoms with Crippen LogP contribution in [0.2, 0.25) is 0 Å². The van der Waals surface area contributed by atoms with Crippen molar-refractivity contribution in [2.75, 3.05) is 0 Å². The van der Waals surface area contributed by atoms with Gasteiger partial charge in [-0.3, -0.25) is 4.57 Å². The normalized spacial score (nSPS) is 11.4. The van der Waals surface area contributed by atoms with Crippen LogP contribution in [0.15, 0.2) is 237 Å². The molecule has 12 aromatic rings. The van der Waals surface area contributed by atoms with Crippen LogP contribution in [0, 0.1) is 0 Å². The van der Waals surface area contributed by atoms with Gasteiger partial charge in [0.05, 0.1) is 11.0 Å². The fourth-order valence-electron chi connectivity index (χ4n) is 9.03. The van der Waals surface area contributed by atoms with Gasteiger partial charge >= 0.3 is 0 Å². The minimum Gasteiger partial charge on any atom is -0.292 e. The minimum absolute atomic E-state index is 0.599. The lowest BCUT2D eigenvalue weighted by Gasteiger charge is -2.15. The largest absolute Gasteiger partial charge is 0.292 e. The van der Waals surface area contributed by atoms with Crippen LogP contribution in [-0.2, 0) is 0 Å². The number of rotatable bonds is 8. The summed E-state index contributed by atoms with van der Waals surface area (Å²) in [5, 5.41) is 4.81. The van der Waals surface area contributed by atoms with E-state index in [-0.39, 0.29) is 0 Å². The Kier molecular flexibility index (Phi) is 9.42. The van der Waals surface area contributed by atoms with Gasteiger partial charge in [-0.1, -0.05) is 188 Å². The molecule has 0 aliphatic rings. The summed E-state index contributed by atoms with van der Waals surface area (Å²) in [7, 11) is 0. The second-order valence-corrected chi connectivity index (χ2v) is 16.3. The molecule has 0 aliphatic carbocycles. The maximum atomic E-state index is 5.26. The molecule has 0 unspecified atom stereocenters. The van der Waals surface area contributed by atoms with Crippen LogP contribution in [0.3, 0.4) is 0 Å². The van der Waals surface area contributed by atoms with Gasteiger partial charge in [0.25, 0.3) is 0 Å². The molecule has 0 N–H and O–H groups in total. The summed E-state index contributed by atoms with van der Waals surface area (Å²) in [5.41, 5.74) is 13.5. The van der Waals surface area contributed by atoms with E-state index in [1.54, 1.807) is 0 Å². The maximum absolute atomic E-state index is 5.26. The molecular weight excluding hydrogens is 791 g/mol. The van der Waals surface area contributed by atoms with E-state index in [2.05, 4.69) is 205 Å². The van der Waals surface area contributed by atoms with E-state index < -0.39 is 0 Å². The quantitative estimate of drug-likeness (QED) is 0.143. The SMILES string of the molecule is c1ccc(-c2ccc(-c3nc(-c4ccccc4)nc(-c4cc(-c5ccc(-c6nc7ccccc7n6-c6ccccc6)cc5)cc(-c5cc6ccccc6c6ccccc56)c4)n3)cc2)cc1. The van der Waals surface area contributed by atoms with Crippen molar-refractivity contribution in [1.29, 1.82) is 0 Å². The third-order valence-corrected chi connectivity index (χ3v) is 12.2. The Morgan fingerprint density at radius 3 is 1.45 bits per heavy atom. The number of para-hydroxylation sites is 3. The van der Waals surface area contributed by atoms with Gasteiger partial charge in [-0.25, -0.2) is 19.9 Å². The van der Waals surface area contributed by atoms with Crippen molar-refractivity contribution >= 4 is 32.6 Å². The Morgan fingerprint density at radius 2 is 0.738 bits per heavy atom. The second kappa shape index (κ2) is 16.2. The Labute approximate surface area is 376 Å². The highest BCUT2D eigenvalue weighted by Crippen LogP contribution is 2.40. The van der Waals surface area contributed by atoms with Crippen molar-refractivity contribution in [3.05, 3.63) is 237 Å². The van der Waals surface area contributed by atoms with Crippen LogP contribution < -0.4 is 0 Å². The van der Waals surface area contributed by atoms with E-state index in [1.807, 2.05) is 36.4 Å². The van der Waals surface area contributed by atoms with E-state index >= 15 is 0 Å². The third-order valence-electron chi connectivity index (χ3n) is 12.2. The number of fused-ring (bicyclic) bond motifs is 4. The van der Waals surface area contributed by atoms with Crippen molar-refractivity contribution in [2.45, 2.75) is 0 Å². The van der Waals surface area contributed by atoms with Crippen LogP contribution in [0.25, 0.3) is 117 Å². The minimum atomic E-state index is 0.599. The summed E-state index contributed by atoms with van der Waals surface area (Å²) in [6.07, 6.45) is 0. The molecule has 0 bridgehead atoms. The Morgan fingerprint density at radius 1 is 0.277 bits per heavy atom. The number of hydrogen-bond acceptors (Lipinski definition) is 4. The van der Waals surface area contributed by atoms with Crippen LogP contribution in [-0.4, -0.2) is 24.5 Å². The zero-order chi connectivity index (χ0) is 43.1. The standard InChI is InChI=1S/C60H39N5/c1-4-16-40(17-5-1)41-28-32-44(33-29-41)58-62-57(43-18-6-2-7-19-43)63-59(64-58)49-37-47(36-48(38-49)54-39-46-20-10-11-23-51(46)52-24-12-13-25-53(52)54)42-30-34-45(35-31-42)60-61-55-26-14-15-27-56(55)65(60)50-21-8-3-9-22-50/h1-39H. The number of nitrogens with zero attached hydrogens (tertiary/aromatic N) is 5.